The van der Waals surface area contributed by atoms with Gasteiger partial charge < -0.3 is 15.3 Å². The molecule has 0 saturated carbocycles. The zero-order chi connectivity index (χ0) is 16.2. The third-order valence-corrected chi connectivity index (χ3v) is 3.93. The van der Waals surface area contributed by atoms with Crippen LogP contribution in [0.3, 0.4) is 0 Å². The van der Waals surface area contributed by atoms with Gasteiger partial charge in [0, 0.05) is 6.54 Å². The van der Waals surface area contributed by atoms with Gasteiger partial charge in [0.1, 0.15) is 0 Å². The summed E-state index contributed by atoms with van der Waals surface area (Å²) in [7, 11) is 0. The summed E-state index contributed by atoms with van der Waals surface area (Å²) in [5.74, 6) is 0.0235. The third kappa shape index (κ3) is 3.69. The van der Waals surface area contributed by atoms with Crippen LogP contribution in [0.25, 0.3) is 11.0 Å². The van der Waals surface area contributed by atoms with E-state index in [2.05, 4.69) is 15.3 Å². The minimum Gasteiger partial charge on any atom is -0.355 e. The first-order valence-electron chi connectivity index (χ1n) is 7.64. The van der Waals surface area contributed by atoms with Gasteiger partial charge in [-0.3, -0.25) is 4.79 Å². The van der Waals surface area contributed by atoms with Crippen LogP contribution in [0.15, 0.2) is 47.3 Å². The fourth-order valence-electron chi connectivity index (χ4n) is 2.63. The fourth-order valence-corrected chi connectivity index (χ4v) is 2.63. The molecule has 118 valence electrons. The Morgan fingerprint density at radius 3 is 2.70 bits per heavy atom. The Hall–Kier alpha value is -2.82. The number of rotatable bonds is 5. The molecule has 0 atom stereocenters. The number of aromatic amines is 2. The molecule has 5 heteroatoms. The summed E-state index contributed by atoms with van der Waals surface area (Å²) < 4.78 is 0. The standard InChI is InChI=1S/C18H19N3O2/c1-12-4-2-3-5-14(12)11-17(22)19-9-8-13-6-7-15-16(10-13)21-18(23)20-15/h2-7,10H,8-9,11H2,1H3,(H,19,22)(H2,20,21,23). The highest BCUT2D eigenvalue weighted by atomic mass is 16.1. The number of carbonyl (C=O) groups excluding carboxylic acids is 1. The van der Waals surface area contributed by atoms with Gasteiger partial charge >= 0.3 is 5.69 Å². The largest absolute Gasteiger partial charge is 0.355 e. The van der Waals surface area contributed by atoms with Gasteiger partial charge in [0.25, 0.3) is 0 Å². The molecule has 5 nitrogen and oxygen atoms in total. The van der Waals surface area contributed by atoms with Crippen molar-refractivity contribution < 1.29 is 4.79 Å². The Kier molecular flexibility index (Phi) is 4.28. The van der Waals surface area contributed by atoms with Crippen LogP contribution in [-0.4, -0.2) is 22.4 Å². The summed E-state index contributed by atoms with van der Waals surface area (Å²) >= 11 is 0. The van der Waals surface area contributed by atoms with E-state index in [1.807, 2.05) is 49.4 Å². The average Bonchev–Trinajstić information content (AvgIpc) is 2.89. The van der Waals surface area contributed by atoms with Gasteiger partial charge in [-0.25, -0.2) is 4.79 Å². The number of H-pyrrole nitrogens is 2. The zero-order valence-electron chi connectivity index (χ0n) is 13.0. The van der Waals surface area contributed by atoms with Crippen molar-refractivity contribution in [2.45, 2.75) is 19.8 Å². The number of imidazole rings is 1. The molecular formula is C18H19N3O2. The number of fused-ring (bicyclic) bond motifs is 1. The smallest absolute Gasteiger partial charge is 0.323 e. The van der Waals surface area contributed by atoms with Gasteiger partial charge in [0.05, 0.1) is 17.5 Å². The second kappa shape index (κ2) is 6.52. The van der Waals surface area contributed by atoms with E-state index in [4.69, 9.17) is 0 Å². The first-order chi connectivity index (χ1) is 11.1. The highest BCUT2D eigenvalue weighted by molar-refractivity contribution is 5.79. The molecule has 0 saturated heterocycles. The minimum atomic E-state index is -0.205. The Labute approximate surface area is 133 Å². The molecule has 0 unspecified atom stereocenters. The van der Waals surface area contributed by atoms with Crippen molar-refractivity contribution in [3.63, 3.8) is 0 Å². The number of hydrogen-bond donors (Lipinski definition) is 3. The lowest BCUT2D eigenvalue weighted by molar-refractivity contribution is -0.120. The molecule has 0 bridgehead atoms. The van der Waals surface area contributed by atoms with Crippen molar-refractivity contribution in [3.05, 3.63) is 69.6 Å². The maximum absolute atomic E-state index is 12.0. The Morgan fingerprint density at radius 2 is 1.87 bits per heavy atom. The number of aryl methyl sites for hydroxylation is 1. The summed E-state index contributed by atoms with van der Waals surface area (Å²) in [6.45, 7) is 2.58. The van der Waals surface area contributed by atoms with E-state index in [0.29, 0.717) is 13.0 Å². The maximum atomic E-state index is 12.0. The van der Waals surface area contributed by atoms with Crippen LogP contribution in [0.4, 0.5) is 0 Å². The molecule has 3 rings (SSSR count). The highest BCUT2D eigenvalue weighted by Gasteiger charge is 2.05. The van der Waals surface area contributed by atoms with Crippen LogP contribution in [0, 0.1) is 6.92 Å². The average molecular weight is 309 g/mol. The number of carbonyl (C=O) groups is 1. The van der Waals surface area contributed by atoms with Gasteiger partial charge in [-0.2, -0.15) is 0 Å². The minimum absolute atomic E-state index is 0.0235. The summed E-state index contributed by atoms with van der Waals surface area (Å²) in [5, 5.41) is 2.94. The second-order valence-electron chi connectivity index (χ2n) is 5.66. The van der Waals surface area contributed by atoms with Crippen molar-refractivity contribution in [1.82, 2.24) is 15.3 Å². The van der Waals surface area contributed by atoms with Crippen LogP contribution < -0.4 is 11.0 Å². The summed E-state index contributed by atoms with van der Waals surface area (Å²) in [6, 6.07) is 13.7. The molecule has 1 heterocycles. The van der Waals surface area contributed by atoms with Crippen molar-refractivity contribution in [1.29, 1.82) is 0 Å². The first-order valence-corrected chi connectivity index (χ1v) is 7.64. The fraction of sp³-hybridized carbons (Fsp3) is 0.222. The monoisotopic (exact) mass is 309 g/mol. The van der Waals surface area contributed by atoms with E-state index in [1.54, 1.807) is 0 Å². The predicted molar refractivity (Wildman–Crippen MR) is 90.5 cm³/mol. The molecule has 3 aromatic rings. The van der Waals surface area contributed by atoms with Gasteiger partial charge in [0.15, 0.2) is 0 Å². The van der Waals surface area contributed by atoms with E-state index >= 15 is 0 Å². The molecule has 0 fully saturated rings. The predicted octanol–water partition coefficient (Wildman–Crippen LogP) is 2.07. The molecule has 23 heavy (non-hydrogen) atoms. The van der Waals surface area contributed by atoms with E-state index in [1.165, 1.54) is 0 Å². The summed E-state index contributed by atoms with van der Waals surface area (Å²) in [5.41, 5.74) is 4.63. The van der Waals surface area contributed by atoms with Crippen LogP contribution in [0.1, 0.15) is 16.7 Å². The van der Waals surface area contributed by atoms with Crippen molar-refractivity contribution in [2.75, 3.05) is 6.54 Å². The Morgan fingerprint density at radius 1 is 1.09 bits per heavy atom. The lowest BCUT2D eigenvalue weighted by atomic mass is 10.1. The molecular weight excluding hydrogens is 290 g/mol. The van der Waals surface area contributed by atoms with Crippen LogP contribution in [-0.2, 0) is 17.6 Å². The van der Waals surface area contributed by atoms with Crippen LogP contribution in [0.2, 0.25) is 0 Å². The summed E-state index contributed by atoms with van der Waals surface area (Å²) in [6.07, 6.45) is 1.12. The quantitative estimate of drug-likeness (QED) is 0.674. The number of nitrogens with one attached hydrogen (secondary N) is 3. The van der Waals surface area contributed by atoms with E-state index in [0.717, 1.165) is 34.1 Å². The molecule has 0 aliphatic rings. The molecule has 0 aliphatic heterocycles. The third-order valence-electron chi connectivity index (χ3n) is 3.93. The lowest BCUT2D eigenvalue weighted by Gasteiger charge is -2.07. The molecule has 3 N–H and O–H groups in total. The number of benzene rings is 2. The van der Waals surface area contributed by atoms with Crippen molar-refractivity contribution >= 4 is 16.9 Å². The molecule has 1 aromatic heterocycles. The van der Waals surface area contributed by atoms with Gasteiger partial charge in [0.2, 0.25) is 5.91 Å². The highest BCUT2D eigenvalue weighted by Crippen LogP contribution is 2.10. The first kappa shape index (κ1) is 15.1. The number of aromatic nitrogens is 2. The normalized spacial score (nSPS) is 10.8. The number of amides is 1. The van der Waals surface area contributed by atoms with Crippen LogP contribution >= 0.6 is 0 Å². The zero-order valence-corrected chi connectivity index (χ0v) is 13.0. The van der Waals surface area contributed by atoms with Gasteiger partial charge in [-0.1, -0.05) is 30.3 Å². The molecule has 1 amide bonds. The maximum Gasteiger partial charge on any atom is 0.323 e. The molecule has 0 aliphatic carbocycles. The van der Waals surface area contributed by atoms with Crippen LogP contribution in [0.5, 0.6) is 0 Å². The van der Waals surface area contributed by atoms with Gasteiger partial charge in [-0.15, -0.1) is 0 Å². The molecule has 2 aromatic carbocycles. The Bertz CT molecular complexity index is 892. The molecule has 0 spiro atoms. The summed E-state index contributed by atoms with van der Waals surface area (Å²) in [4.78, 5) is 28.7. The lowest BCUT2D eigenvalue weighted by Crippen LogP contribution is -2.27. The van der Waals surface area contributed by atoms with E-state index in [9.17, 15) is 9.59 Å². The Balaban J connectivity index is 1.54. The van der Waals surface area contributed by atoms with E-state index < -0.39 is 0 Å². The van der Waals surface area contributed by atoms with Crippen molar-refractivity contribution in [3.8, 4) is 0 Å². The number of hydrogen-bond acceptors (Lipinski definition) is 2. The van der Waals surface area contributed by atoms with Crippen molar-refractivity contribution in [2.24, 2.45) is 0 Å². The van der Waals surface area contributed by atoms with Gasteiger partial charge in [-0.05, 0) is 42.2 Å². The second-order valence-corrected chi connectivity index (χ2v) is 5.66. The SMILES string of the molecule is Cc1ccccc1CC(=O)NCCc1ccc2[nH]c(=O)[nH]c2c1. The van der Waals surface area contributed by atoms with E-state index in [-0.39, 0.29) is 11.6 Å². The molecule has 0 radical (unpaired) electrons. The topological polar surface area (TPSA) is 77.8 Å².